The number of carbonyl (C=O) groups excluding carboxylic acids is 1. The summed E-state index contributed by atoms with van der Waals surface area (Å²) in [6.45, 7) is 2.06. The molecule has 2 aromatic heterocycles. The van der Waals surface area contributed by atoms with Gasteiger partial charge >= 0.3 is 0 Å². The zero-order valence-corrected chi connectivity index (χ0v) is 13.1. The highest BCUT2D eigenvalue weighted by Crippen LogP contribution is 2.25. The van der Waals surface area contributed by atoms with Crippen LogP contribution in [0.3, 0.4) is 0 Å². The first-order valence-corrected chi connectivity index (χ1v) is 8.31. The van der Waals surface area contributed by atoms with E-state index in [9.17, 15) is 4.79 Å². The van der Waals surface area contributed by atoms with Crippen LogP contribution in [0, 0.1) is 6.92 Å². The van der Waals surface area contributed by atoms with Gasteiger partial charge in [0.05, 0.1) is 12.1 Å². The molecule has 0 saturated carbocycles. The molecular weight excluding hydrogens is 300 g/mol. The van der Waals surface area contributed by atoms with Crippen LogP contribution in [0.4, 0.5) is 5.13 Å². The predicted molar refractivity (Wildman–Crippen MR) is 88.9 cm³/mol. The molecule has 3 rings (SSSR count). The summed E-state index contributed by atoms with van der Waals surface area (Å²) in [5.74, 6) is -0.0257. The summed E-state index contributed by atoms with van der Waals surface area (Å²) in [7, 11) is 0. The Labute approximate surface area is 131 Å². The lowest BCUT2D eigenvalue weighted by atomic mass is 10.1. The van der Waals surface area contributed by atoms with Gasteiger partial charge in [-0.3, -0.25) is 4.79 Å². The highest BCUT2D eigenvalue weighted by molar-refractivity contribution is 7.14. The maximum Gasteiger partial charge on any atom is 0.231 e. The number of aromatic nitrogens is 1. The van der Waals surface area contributed by atoms with Gasteiger partial charge in [-0.2, -0.15) is 0 Å². The highest BCUT2D eigenvalue weighted by atomic mass is 32.1. The van der Waals surface area contributed by atoms with E-state index in [-0.39, 0.29) is 5.91 Å². The van der Waals surface area contributed by atoms with Gasteiger partial charge in [-0.15, -0.1) is 22.7 Å². The van der Waals surface area contributed by atoms with E-state index in [0.717, 1.165) is 16.1 Å². The van der Waals surface area contributed by atoms with Crippen molar-refractivity contribution in [1.29, 1.82) is 0 Å². The molecule has 0 aliphatic heterocycles. The van der Waals surface area contributed by atoms with Crippen molar-refractivity contribution in [3.63, 3.8) is 0 Å². The molecule has 1 N–H and O–H groups in total. The van der Waals surface area contributed by atoms with Crippen molar-refractivity contribution >= 4 is 33.7 Å². The first-order valence-electron chi connectivity index (χ1n) is 6.55. The minimum atomic E-state index is -0.0257. The number of thiazole rings is 1. The molecule has 0 atom stereocenters. The molecule has 5 heteroatoms. The van der Waals surface area contributed by atoms with Crippen molar-refractivity contribution in [3.8, 4) is 11.3 Å². The summed E-state index contributed by atoms with van der Waals surface area (Å²) in [5.41, 5.74) is 3.18. The molecular formula is C16H14N2OS2. The molecule has 0 aliphatic carbocycles. The number of nitrogens with zero attached hydrogens (tertiary/aromatic N) is 1. The standard InChI is InChI=1S/C16H14N2OS2/c1-11-4-6-12(7-5-11)14-10-21-16(17-14)18-15(19)9-13-3-2-8-20-13/h2-8,10H,9H2,1H3,(H,17,18,19). The fraction of sp³-hybridized carbons (Fsp3) is 0.125. The number of anilines is 1. The Bertz CT molecular complexity index is 730. The van der Waals surface area contributed by atoms with Crippen LogP contribution in [0.15, 0.2) is 47.2 Å². The summed E-state index contributed by atoms with van der Waals surface area (Å²) in [5, 5.41) is 7.44. The van der Waals surface area contributed by atoms with Crippen LogP contribution in [0.1, 0.15) is 10.4 Å². The number of hydrogen-bond acceptors (Lipinski definition) is 4. The molecule has 3 nitrogen and oxygen atoms in total. The lowest BCUT2D eigenvalue weighted by Gasteiger charge is -2.00. The Morgan fingerprint density at radius 2 is 2.00 bits per heavy atom. The van der Waals surface area contributed by atoms with E-state index in [1.165, 1.54) is 16.9 Å². The molecule has 21 heavy (non-hydrogen) atoms. The molecule has 0 radical (unpaired) electrons. The molecule has 0 saturated heterocycles. The summed E-state index contributed by atoms with van der Waals surface area (Å²) in [6.07, 6.45) is 0.400. The number of aryl methyl sites for hydroxylation is 1. The van der Waals surface area contributed by atoms with Crippen molar-refractivity contribution in [1.82, 2.24) is 4.98 Å². The first kappa shape index (κ1) is 14.0. The van der Waals surface area contributed by atoms with Gasteiger partial charge in [-0.25, -0.2) is 4.98 Å². The topological polar surface area (TPSA) is 42.0 Å². The third kappa shape index (κ3) is 3.56. The number of amides is 1. The van der Waals surface area contributed by atoms with E-state index in [1.54, 1.807) is 11.3 Å². The second-order valence-corrected chi connectivity index (χ2v) is 6.60. The van der Waals surface area contributed by atoms with Gasteiger partial charge in [-0.1, -0.05) is 35.9 Å². The predicted octanol–water partition coefficient (Wildman–Crippen LogP) is 4.36. The van der Waals surface area contributed by atoms with Gasteiger partial charge in [0, 0.05) is 15.8 Å². The van der Waals surface area contributed by atoms with E-state index in [0.29, 0.717) is 11.6 Å². The van der Waals surface area contributed by atoms with Gasteiger partial charge in [0.15, 0.2) is 5.13 Å². The molecule has 1 amide bonds. The fourth-order valence-corrected chi connectivity index (χ4v) is 3.36. The average molecular weight is 314 g/mol. The minimum Gasteiger partial charge on any atom is -0.302 e. The first-order chi connectivity index (χ1) is 10.2. The van der Waals surface area contributed by atoms with Crippen molar-refractivity contribution in [2.24, 2.45) is 0 Å². The lowest BCUT2D eigenvalue weighted by molar-refractivity contribution is -0.115. The van der Waals surface area contributed by atoms with E-state index < -0.39 is 0 Å². The Kier molecular flexibility index (Phi) is 4.13. The molecule has 1 aromatic carbocycles. The smallest absolute Gasteiger partial charge is 0.231 e. The number of hydrogen-bond donors (Lipinski definition) is 1. The van der Waals surface area contributed by atoms with Crippen LogP contribution >= 0.6 is 22.7 Å². The van der Waals surface area contributed by atoms with E-state index in [2.05, 4.69) is 29.4 Å². The van der Waals surface area contributed by atoms with Gasteiger partial charge in [0.25, 0.3) is 0 Å². The maximum absolute atomic E-state index is 11.9. The van der Waals surface area contributed by atoms with Gasteiger partial charge in [-0.05, 0) is 18.4 Å². The van der Waals surface area contributed by atoms with Crippen molar-refractivity contribution in [2.75, 3.05) is 5.32 Å². The quantitative estimate of drug-likeness (QED) is 0.777. The Morgan fingerprint density at radius 3 is 2.71 bits per heavy atom. The number of carbonyl (C=O) groups is 1. The van der Waals surface area contributed by atoms with Gasteiger partial charge in [0.1, 0.15) is 0 Å². The second-order valence-electron chi connectivity index (χ2n) is 4.71. The van der Waals surface area contributed by atoms with Crippen LogP contribution in [0.5, 0.6) is 0 Å². The molecule has 0 spiro atoms. The number of thiophene rings is 1. The Hall–Kier alpha value is -1.98. The zero-order valence-electron chi connectivity index (χ0n) is 11.5. The third-order valence-corrected chi connectivity index (χ3v) is 4.65. The molecule has 3 aromatic rings. The minimum absolute atomic E-state index is 0.0257. The Morgan fingerprint density at radius 1 is 1.19 bits per heavy atom. The van der Waals surface area contributed by atoms with E-state index >= 15 is 0 Å². The largest absolute Gasteiger partial charge is 0.302 e. The fourth-order valence-electron chi connectivity index (χ4n) is 1.92. The molecule has 0 aliphatic rings. The van der Waals surface area contributed by atoms with Crippen LogP contribution in [-0.4, -0.2) is 10.9 Å². The Balaban J connectivity index is 1.67. The average Bonchev–Trinajstić information content (AvgIpc) is 3.11. The highest BCUT2D eigenvalue weighted by Gasteiger charge is 2.09. The lowest BCUT2D eigenvalue weighted by Crippen LogP contribution is -2.13. The number of nitrogens with one attached hydrogen (secondary N) is 1. The number of rotatable bonds is 4. The monoisotopic (exact) mass is 314 g/mol. The summed E-state index contributed by atoms with van der Waals surface area (Å²) in [6, 6.07) is 12.1. The van der Waals surface area contributed by atoms with Crippen LogP contribution < -0.4 is 5.32 Å². The molecule has 0 fully saturated rings. The van der Waals surface area contributed by atoms with Crippen molar-refractivity contribution in [3.05, 3.63) is 57.6 Å². The number of benzene rings is 1. The third-order valence-electron chi connectivity index (χ3n) is 3.01. The molecule has 0 bridgehead atoms. The van der Waals surface area contributed by atoms with Crippen LogP contribution in [0.25, 0.3) is 11.3 Å². The summed E-state index contributed by atoms with van der Waals surface area (Å²) in [4.78, 5) is 17.5. The van der Waals surface area contributed by atoms with Crippen LogP contribution in [-0.2, 0) is 11.2 Å². The second kappa shape index (κ2) is 6.20. The molecule has 0 unspecified atom stereocenters. The summed E-state index contributed by atoms with van der Waals surface area (Å²) >= 11 is 3.04. The zero-order chi connectivity index (χ0) is 14.7. The SMILES string of the molecule is Cc1ccc(-c2csc(NC(=O)Cc3cccs3)n2)cc1. The molecule has 2 heterocycles. The normalized spacial score (nSPS) is 10.5. The van der Waals surface area contributed by atoms with Gasteiger partial charge in [0.2, 0.25) is 5.91 Å². The summed E-state index contributed by atoms with van der Waals surface area (Å²) < 4.78 is 0. The van der Waals surface area contributed by atoms with Crippen LogP contribution in [0.2, 0.25) is 0 Å². The molecule has 106 valence electrons. The maximum atomic E-state index is 11.9. The van der Waals surface area contributed by atoms with E-state index in [4.69, 9.17) is 0 Å². The van der Waals surface area contributed by atoms with E-state index in [1.807, 2.05) is 35.0 Å². The van der Waals surface area contributed by atoms with Crippen molar-refractivity contribution in [2.45, 2.75) is 13.3 Å². The van der Waals surface area contributed by atoms with Crippen molar-refractivity contribution < 1.29 is 4.79 Å². The van der Waals surface area contributed by atoms with Gasteiger partial charge < -0.3 is 5.32 Å².